The van der Waals surface area contributed by atoms with E-state index < -0.39 is 28.0 Å². The number of aliphatic hydroxyl groups excluding tert-OH is 1. The molecular formula is C27H26N2O6S. The van der Waals surface area contributed by atoms with E-state index in [1.165, 1.54) is 0 Å². The van der Waals surface area contributed by atoms with Crippen molar-refractivity contribution >= 4 is 28.9 Å². The lowest BCUT2D eigenvalue weighted by Gasteiger charge is -2.22. The fraction of sp³-hybridized carbons (Fsp3) is 0.259. The number of pyridine rings is 1. The summed E-state index contributed by atoms with van der Waals surface area (Å²) in [4.78, 5) is 42.0. The first-order chi connectivity index (χ1) is 17.4. The molecule has 1 aliphatic rings. The molecule has 8 nitrogen and oxygen atoms in total. The summed E-state index contributed by atoms with van der Waals surface area (Å²) in [5, 5.41) is 11.2. The van der Waals surface area contributed by atoms with Crippen LogP contribution in [0.3, 0.4) is 0 Å². The van der Waals surface area contributed by atoms with Gasteiger partial charge in [0.05, 0.1) is 12.7 Å². The molecule has 1 saturated heterocycles. The van der Waals surface area contributed by atoms with E-state index >= 15 is 0 Å². The van der Waals surface area contributed by atoms with Gasteiger partial charge in [0, 0.05) is 24.7 Å². The van der Waals surface area contributed by atoms with Gasteiger partial charge < -0.3 is 14.6 Å². The van der Waals surface area contributed by atoms with E-state index in [4.69, 9.17) is 9.47 Å². The molecule has 1 aliphatic heterocycles. The van der Waals surface area contributed by atoms with Gasteiger partial charge in [-0.1, -0.05) is 48.5 Å². The summed E-state index contributed by atoms with van der Waals surface area (Å²) in [6, 6.07) is 19.8. The summed E-state index contributed by atoms with van der Waals surface area (Å²) >= 11 is 0.650. The van der Waals surface area contributed by atoms with Crippen molar-refractivity contribution in [2.45, 2.75) is 37.2 Å². The summed E-state index contributed by atoms with van der Waals surface area (Å²) < 4.78 is 9.54. The lowest BCUT2D eigenvalue weighted by molar-refractivity contribution is -0.150. The highest BCUT2D eigenvalue weighted by Gasteiger charge is 2.55. The van der Waals surface area contributed by atoms with Crippen LogP contribution in [0, 0.1) is 0 Å². The maximum absolute atomic E-state index is 13.0. The monoisotopic (exact) mass is 506 g/mol. The van der Waals surface area contributed by atoms with Crippen molar-refractivity contribution in [1.82, 2.24) is 10.3 Å². The Labute approximate surface area is 213 Å². The standard InChI is InChI=1S/C27H26N2O6S/c1-18(30)21-9-10-22(28-16-21)13-14-34-23-11-7-19(8-12-23)15-27(24(31)29-26(33)36-27)25(32)35-17-20-5-3-2-4-6-20/h2-12,16,18,30H,13-15,17H2,1H3,(H,29,31,33). The van der Waals surface area contributed by atoms with Crippen LogP contribution in [-0.2, 0) is 33.8 Å². The smallest absolute Gasteiger partial charge is 0.333 e. The van der Waals surface area contributed by atoms with Gasteiger partial charge >= 0.3 is 5.97 Å². The first kappa shape index (κ1) is 25.4. The van der Waals surface area contributed by atoms with Gasteiger partial charge in [-0.05, 0) is 53.6 Å². The Morgan fingerprint density at radius 1 is 1.06 bits per heavy atom. The van der Waals surface area contributed by atoms with E-state index in [0.717, 1.165) is 16.8 Å². The van der Waals surface area contributed by atoms with Crippen molar-refractivity contribution in [2.24, 2.45) is 0 Å². The van der Waals surface area contributed by atoms with Gasteiger partial charge in [-0.3, -0.25) is 19.9 Å². The van der Waals surface area contributed by atoms with Gasteiger partial charge in [0.25, 0.3) is 11.1 Å². The van der Waals surface area contributed by atoms with Crippen LogP contribution in [0.1, 0.15) is 35.4 Å². The Hall–Kier alpha value is -3.69. The number of rotatable bonds is 10. The number of amides is 2. The van der Waals surface area contributed by atoms with Crippen LogP contribution >= 0.6 is 11.8 Å². The number of hydrogen-bond donors (Lipinski definition) is 2. The third-order valence-electron chi connectivity index (χ3n) is 5.73. The van der Waals surface area contributed by atoms with Crippen LogP contribution in [0.2, 0.25) is 0 Å². The van der Waals surface area contributed by atoms with E-state index in [2.05, 4.69) is 10.3 Å². The second-order valence-electron chi connectivity index (χ2n) is 8.41. The molecule has 0 bridgehead atoms. The third kappa shape index (κ3) is 6.10. The topological polar surface area (TPSA) is 115 Å². The van der Waals surface area contributed by atoms with Gasteiger partial charge in [-0.25, -0.2) is 4.79 Å². The average molecular weight is 507 g/mol. The minimum atomic E-state index is -1.68. The first-order valence-electron chi connectivity index (χ1n) is 11.5. The Bertz CT molecular complexity index is 1220. The van der Waals surface area contributed by atoms with Gasteiger partial charge in [0.1, 0.15) is 12.4 Å². The van der Waals surface area contributed by atoms with E-state index in [1.807, 2.05) is 42.5 Å². The highest BCUT2D eigenvalue weighted by Crippen LogP contribution is 2.37. The molecule has 2 unspecified atom stereocenters. The number of nitrogens with one attached hydrogen (secondary N) is 1. The highest BCUT2D eigenvalue weighted by molar-refractivity contribution is 8.16. The Kier molecular flexibility index (Phi) is 8.02. The van der Waals surface area contributed by atoms with Crippen molar-refractivity contribution in [3.8, 4) is 5.75 Å². The number of benzene rings is 2. The van der Waals surface area contributed by atoms with Gasteiger partial charge in [-0.15, -0.1) is 0 Å². The van der Waals surface area contributed by atoms with Crippen molar-refractivity contribution in [3.63, 3.8) is 0 Å². The zero-order valence-electron chi connectivity index (χ0n) is 19.7. The SMILES string of the molecule is CC(O)c1ccc(CCOc2ccc(CC3(C(=O)OCc4ccccc4)SC(=O)NC3=O)cc2)nc1. The number of imide groups is 1. The number of hydrogen-bond acceptors (Lipinski definition) is 8. The van der Waals surface area contributed by atoms with E-state index in [0.29, 0.717) is 36.1 Å². The Morgan fingerprint density at radius 3 is 2.42 bits per heavy atom. The predicted octanol–water partition coefficient (Wildman–Crippen LogP) is 3.76. The maximum atomic E-state index is 13.0. The molecule has 1 aromatic heterocycles. The number of aliphatic hydroxyl groups is 1. The van der Waals surface area contributed by atoms with Crippen LogP contribution < -0.4 is 10.1 Å². The summed E-state index contributed by atoms with van der Waals surface area (Å²) in [5.41, 5.74) is 3.08. The number of aromatic nitrogens is 1. The summed E-state index contributed by atoms with van der Waals surface area (Å²) in [5.74, 6) is -0.807. The van der Waals surface area contributed by atoms with Crippen molar-refractivity contribution in [2.75, 3.05) is 6.61 Å². The van der Waals surface area contributed by atoms with E-state index in [9.17, 15) is 19.5 Å². The molecule has 2 N–H and O–H groups in total. The highest BCUT2D eigenvalue weighted by atomic mass is 32.2. The van der Waals surface area contributed by atoms with Crippen molar-refractivity contribution in [1.29, 1.82) is 0 Å². The number of thioether (sulfide) groups is 1. The van der Waals surface area contributed by atoms with Gasteiger partial charge in [0.2, 0.25) is 4.75 Å². The summed E-state index contributed by atoms with van der Waals surface area (Å²) in [7, 11) is 0. The van der Waals surface area contributed by atoms with Gasteiger partial charge in [0.15, 0.2) is 0 Å². The predicted molar refractivity (Wildman–Crippen MR) is 134 cm³/mol. The lowest BCUT2D eigenvalue weighted by atomic mass is 9.97. The molecule has 2 amide bonds. The quantitative estimate of drug-likeness (QED) is 0.316. The molecule has 2 heterocycles. The molecule has 4 rings (SSSR count). The third-order valence-corrected chi connectivity index (χ3v) is 6.86. The van der Waals surface area contributed by atoms with Crippen LogP contribution in [0.5, 0.6) is 5.75 Å². The molecule has 9 heteroatoms. The average Bonchev–Trinajstić information content (AvgIpc) is 3.17. The van der Waals surface area contributed by atoms with Crippen LogP contribution in [0.4, 0.5) is 4.79 Å². The molecule has 2 atom stereocenters. The van der Waals surface area contributed by atoms with Crippen molar-refractivity contribution in [3.05, 3.63) is 95.3 Å². The molecule has 0 radical (unpaired) electrons. The molecule has 0 saturated carbocycles. The number of carbonyl (C=O) groups is 3. The van der Waals surface area contributed by atoms with Crippen LogP contribution in [0.25, 0.3) is 0 Å². The Morgan fingerprint density at radius 2 is 1.81 bits per heavy atom. The number of esters is 1. The fourth-order valence-corrected chi connectivity index (χ4v) is 4.67. The molecule has 2 aromatic carbocycles. The number of carbonyl (C=O) groups excluding carboxylic acids is 3. The van der Waals surface area contributed by atoms with Gasteiger partial charge in [-0.2, -0.15) is 0 Å². The lowest BCUT2D eigenvalue weighted by Crippen LogP contribution is -2.46. The zero-order valence-corrected chi connectivity index (χ0v) is 20.5. The number of nitrogens with zero attached hydrogens (tertiary/aromatic N) is 1. The molecule has 0 spiro atoms. The second kappa shape index (κ2) is 11.4. The Balaban J connectivity index is 1.36. The first-order valence-corrected chi connectivity index (χ1v) is 12.3. The zero-order chi connectivity index (χ0) is 25.5. The molecule has 1 fully saturated rings. The summed E-state index contributed by atoms with van der Waals surface area (Å²) in [6.45, 7) is 2.10. The minimum absolute atomic E-state index is 0.00267. The molecule has 3 aromatic rings. The van der Waals surface area contributed by atoms with Crippen LogP contribution in [0.15, 0.2) is 72.9 Å². The normalized spacial score (nSPS) is 17.9. The molecule has 0 aliphatic carbocycles. The maximum Gasteiger partial charge on any atom is 0.333 e. The van der Waals surface area contributed by atoms with E-state index in [1.54, 1.807) is 37.4 Å². The molecule has 36 heavy (non-hydrogen) atoms. The largest absolute Gasteiger partial charge is 0.493 e. The minimum Gasteiger partial charge on any atom is -0.493 e. The fourth-order valence-electron chi connectivity index (χ4n) is 3.68. The van der Waals surface area contributed by atoms with E-state index in [-0.39, 0.29) is 13.0 Å². The molecule has 186 valence electrons. The van der Waals surface area contributed by atoms with Crippen LogP contribution in [-0.4, -0.2) is 38.6 Å². The second-order valence-corrected chi connectivity index (χ2v) is 9.68. The number of ether oxygens (including phenoxy) is 2. The van der Waals surface area contributed by atoms with Crippen molar-refractivity contribution < 1.29 is 29.0 Å². The summed E-state index contributed by atoms with van der Waals surface area (Å²) in [6.07, 6.45) is 1.69. The molecular weight excluding hydrogens is 480 g/mol.